The number of benzene rings is 2. The fraction of sp³-hybridized carbons (Fsp3) is 0.176. The van der Waals surface area contributed by atoms with Gasteiger partial charge >= 0.3 is 0 Å². The third-order valence-electron chi connectivity index (χ3n) is 3.47. The van der Waals surface area contributed by atoms with Gasteiger partial charge in [-0.2, -0.15) is 0 Å². The molecule has 1 aromatic heterocycles. The number of nitrogens with zero attached hydrogens (tertiary/aromatic N) is 1. The fourth-order valence-corrected chi connectivity index (χ4v) is 2.78. The minimum Gasteiger partial charge on any atom is -0.497 e. The van der Waals surface area contributed by atoms with Crippen molar-refractivity contribution >= 4 is 22.5 Å². The first-order chi connectivity index (χ1) is 10.2. The third kappa shape index (κ3) is 2.69. The molecule has 0 aliphatic carbocycles. The monoisotopic (exact) mass is 301 g/mol. The molecule has 3 nitrogen and oxygen atoms in total. The first kappa shape index (κ1) is 13.8. The number of para-hydroxylation sites is 1. The van der Waals surface area contributed by atoms with Gasteiger partial charge in [0.05, 0.1) is 17.6 Å². The van der Waals surface area contributed by atoms with Crippen LogP contribution in [0.3, 0.4) is 0 Å². The van der Waals surface area contributed by atoms with Crippen molar-refractivity contribution in [3.8, 4) is 11.5 Å². The Morgan fingerprint density at radius 2 is 1.86 bits per heavy atom. The summed E-state index contributed by atoms with van der Waals surface area (Å²) in [7, 11) is 3.63. The molecule has 1 heterocycles. The molecule has 0 saturated carbocycles. The van der Waals surface area contributed by atoms with Crippen LogP contribution in [0.15, 0.2) is 48.7 Å². The van der Waals surface area contributed by atoms with E-state index in [1.807, 2.05) is 48.0 Å². The van der Waals surface area contributed by atoms with Crippen molar-refractivity contribution in [2.24, 2.45) is 7.05 Å². The van der Waals surface area contributed by atoms with Crippen LogP contribution in [-0.4, -0.2) is 11.7 Å². The molecule has 0 aliphatic rings. The minimum atomic E-state index is 0.491. The summed E-state index contributed by atoms with van der Waals surface area (Å²) in [5.74, 6) is 1.57. The highest BCUT2D eigenvalue weighted by molar-refractivity contribution is 6.35. The number of rotatable bonds is 4. The Morgan fingerprint density at radius 3 is 2.67 bits per heavy atom. The molecule has 0 aliphatic heterocycles. The molecule has 0 spiro atoms. The predicted molar refractivity (Wildman–Crippen MR) is 85.3 cm³/mol. The second-order valence-electron chi connectivity index (χ2n) is 4.87. The number of halogens is 1. The SMILES string of the molecule is COc1cccc(OCc2cn(C)c3c(Cl)cccc23)c1. The van der Waals surface area contributed by atoms with Crippen LogP contribution in [0.4, 0.5) is 0 Å². The number of hydrogen-bond acceptors (Lipinski definition) is 2. The Kier molecular flexibility index (Phi) is 3.76. The van der Waals surface area contributed by atoms with Crippen LogP contribution in [0.2, 0.25) is 5.02 Å². The molecular weight excluding hydrogens is 286 g/mol. The van der Waals surface area contributed by atoms with E-state index in [2.05, 4.69) is 12.3 Å². The molecule has 0 bridgehead atoms. The maximum absolute atomic E-state index is 6.25. The summed E-state index contributed by atoms with van der Waals surface area (Å²) in [6, 6.07) is 13.5. The van der Waals surface area contributed by atoms with Crippen molar-refractivity contribution in [3.05, 3.63) is 59.2 Å². The van der Waals surface area contributed by atoms with Crippen LogP contribution in [0, 0.1) is 0 Å². The maximum atomic E-state index is 6.25. The lowest BCUT2D eigenvalue weighted by Gasteiger charge is -2.07. The van der Waals surface area contributed by atoms with Crippen molar-refractivity contribution in [1.82, 2.24) is 4.57 Å². The Labute approximate surface area is 128 Å². The third-order valence-corrected chi connectivity index (χ3v) is 3.78. The van der Waals surface area contributed by atoms with Crippen LogP contribution >= 0.6 is 11.6 Å². The van der Waals surface area contributed by atoms with Crippen molar-refractivity contribution in [1.29, 1.82) is 0 Å². The Morgan fingerprint density at radius 1 is 1.10 bits per heavy atom. The minimum absolute atomic E-state index is 0.491. The van der Waals surface area contributed by atoms with E-state index >= 15 is 0 Å². The standard InChI is InChI=1S/C17H16ClNO2/c1-19-10-12(15-7-4-8-16(18)17(15)19)11-21-14-6-3-5-13(9-14)20-2/h3-10H,11H2,1-2H3. The van der Waals surface area contributed by atoms with Gasteiger partial charge in [-0.05, 0) is 18.2 Å². The van der Waals surface area contributed by atoms with E-state index in [1.54, 1.807) is 7.11 Å². The Balaban J connectivity index is 1.87. The molecular formula is C17H16ClNO2. The molecule has 0 N–H and O–H groups in total. The lowest BCUT2D eigenvalue weighted by Crippen LogP contribution is -1.95. The van der Waals surface area contributed by atoms with Gasteiger partial charge in [-0.15, -0.1) is 0 Å². The summed E-state index contributed by atoms with van der Waals surface area (Å²) < 4.78 is 13.1. The molecule has 21 heavy (non-hydrogen) atoms. The van der Waals surface area contributed by atoms with Crippen molar-refractivity contribution in [2.75, 3.05) is 7.11 Å². The number of ether oxygens (including phenoxy) is 2. The second kappa shape index (κ2) is 5.70. The van der Waals surface area contributed by atoms with E-state index in [0.29, 0.717) is 6.61 Å². The van der Waals surface area contributed by atoms with Crippen LogP contribution in [-0.2, 0) is 13.7 Å². The largest absolute Gasteiger partial charge is 0.497 e. The quantitative estimate of drug-likeness (QED) is 0.712. The molecule has 0 atom stereocenters. The summed E-state index contributed by atoms with van der Waals surface area (Å²) in [6.45, 7) is 0.491. The number of aromatic nitrogens is 1. The molecule has 3 aromatic rings. The van der Waals surface area contributed by atoms with Gasteiger partial charge in [-0.3, -0.25) is 0 Å². The molecule has 0 unspecified atom stereocenters. The van der Waals surface area contributed by atoms with Gasteiger partial charge in [0.1, 0.15) is 18.1 Å². The van der Waals surface area contributed by atoms with E-state index in [-0.39, 0.29) is 0 Å². The summed E-state index contributed by atoms with van der Waals surface area (Å²) >= 11 is 6.25. The Bertz CT molecular complexity index is 780. The first-order valence-electron chi connectivity index (χ1n) is 6.68. The second-order valence-corrected chi connectivity index (χ2v) is 5.28. The first-order valence-corrected chi connectivity index (χ1v) is 7.06. The summed E-state index contributed by atoms with van der Waals surface area (Å²) in [4.78, 5) is 0. The van der Waals surface area contributed by atoms with E-state index in [4.69, 9.17) is 21.1 Å². The number of methoxy groups -OCH3 is 1. The van der Waals surface area contributed by atoms with E-state index in [9.17, 15) is 0 Å². The highest BCUT2D eigenvalue weighted by Gasteiger charge is 2.10. The topological polar surface area (TPSA) is 23.4 Å². The predicted octanol–water partition coefficient (Wildman–Crippen LogP) is 4.42. The summed E-state index contributed by atoms with van der Waals surface area (Å²) in [5, 5.41) is 1.87. The average Bonchev–Trinajstić information content (AvgIpc) is 2.83. The lowest BCUT2D eigenvalue weighted by molar-refractivity contribution is 0.305. The fourth-order valence-electron chi connectivity index (χ4n) is 2.47. The zero-order valence-electron chi connectivity index (χ0n) is 12.0. The van der Waals surface area contributed by atoms with E-state index in [0.717, 1.165) is 33.0 Å². The molecule has 0 radical (unpaired) electrons. The number of aryl methyl sites for hydroxylation is 1. The molecule has 0 fully saturated rings. The summed E-state index contributed by atoms with van der Waals surface area (Å²) in [6.07, 6.45) is 2.05. The van der Waals surface area contributed by atoms with Crippen LogP contribution in [0.1, 0.15) is 5.56 Å². The van der Waals surface area contributed by atoms with Gasteiger partial charge in [-0.1, -0.05) is 29.8 Å². The van der Waals surface area contributed by atoms with Gasteiger partial charge < -0.3 is 14.0 Å². The van der Waals surface area contributed by atoms with Gasteiger partial charge in [0, 0.05) is 30.3 Å². The molecule has 3 rings (SSSR count). The average molecular weight is 302 g/mol. The van der Waals surface area contributed by atoms with E-state index < -0.39 is 0 Å². The molecule has 2 aromatic carbocycles. The zero-order chi connectivity index (χ0) is 14.8. The molecule has 108 valence electrons. The molecule has 0 saturated heterocycles. The maximum Gasteiger partial charge on any atom is 0.123 e. The smallest absolute Gasteiger partial charge is 0.123 e. The molecule has 4 heteroatoms. The highest BCUT2D eigenvalue weighted by Crippen LogP contribution is 2.28. The van der Waals surface area contributed by atoms with Crippen molar-refractivity contribution in [2.45, 2.75) is 6.61 Å². The number of hydrogen-bond donors (Lipinski definition) is 0. The van der Waals surface area contributed by atoms with Crippen LogP contribution in [0.25, 0.3) is 10.9 Å². The van der Waals surface area contributed by atoms with E-state index in [1.165, 1.54) is 0 Å². The lowest BCUT2D eigenvalue weighted by atomic mass is 10.2. The van der Waals surface area contributed by atoms with Gasteiger partial charge in [0.25, 0.3) is 0 Å². The number of fused-ring (bicyclic) bond motifs is 1. The normalized spacial score (nSPS) is 10.8. The van der Waals surface area contributed by atoms with Gasteiger partial charge in [0.15, 0.2) is 0 Å². The highest BCUT2D eigenvalue weighted by atomic mass is 35.5. The zero-order valence-corrected chi connectivity index (χ0v) is 12.7. The van der Waals surface area contributed by atoms with Crippen molar-refractivity contribution in [3.63, 3.8) is 0 Å². The van der Waals surface area contributed by atoms with Gasteiger partial charge in [0.2, 0.25) is 0 Å². The van der Waals surface area contributed by atoms with Crippen LogP contribution in [0.5, 0.6) is 11.5 Å². The summed E-state index contributed by atoms with van der Waals surface area (Å²) in [5.41, 5.74) is 2.14. The van der Waals surface area contributed by atoms with Gasteiger partial charge in [-0.25, -0.2) is 0 Å². The molecule has 0 amide bonds. The van der Waals surface area contributed by atoms with Crippen LogP contribution < -0.4 is 9.47 Å². The Hall–Kier alpha value is -2.13. The van der Waals surface area contributed by atoms with Crippen molar-refractivity contribution < 1.29 is 9.47 Å².